The van der Waals surface area contributed by atoms with Gasteiger partial charge in [-0.3, -0.25) is 9.69 Å². The first-order valence-corrected chi connectivity index (χ1v) is 12.5. The number of benzene rings is 2. The minimum absolute atomic E-state index is 0.241. The van der Waals surface area contributed by atoms with Crippen molar-refractivity contribution in [2.75, 3.05) is 11.4 Å². The summed E-state index contributed by atoms with van der Waals surface area (Å²) in [4.78, 5) is 47.9. The third-order valence-corrected chi connectivity index (χ3v) is 6.65. The van der Waals surface area contributed by atoms with Crippen LogP contribution < -0.4 is 4.90 Å². The molecule has 1 N–H and O–H groups in total. The normalized spacial score (nSPS) is 19.3. The molecule has 1 aromatic heterocycles. The molecule has 0 aliphatic carbocycles. The number of aryl methyl sites for hydroxylation is 1. The van der Waals surface area contributed by atoms with Gasteiger partial charge in [-0.15, -0.1) is 0 Å². The summed E-state index contributed by atoms with van der Waals surface area (Å²) in [5.74, 6) is -0.569. The van der Waals surface area contributed by atoms with E-state index < -0.39 is 34.8 Å². The van der Waals surface area contributed by atoms with Gasteiger partial charge in [0, 0.05) is 23.0 Å². The minimum atomic E-state index is -1.62. The monoisotopic (exact) mass is 503 g/mol. The van der Waals surface area contributed by atoms with E-state index >= 15 is 0 Å². The fourth-order valence-electron chi connectivity index (χ4n) is 5.35. The van der Waals surface area contributed by atoms with E-state index in [1.807, 2.05) is 43.3 Å². The molecule has 8 heteroatoms. The van der Waals surface area contributed by atoms with Gasteiger partial charge in [0.15, 0.2) is 5.54 Å². The van der Waals surface area contributed by atoms with Crippen LogP contribution in [0.4, 0.5) is 15.3 Å². The molecule has 37 heavy (non-hydrogen) atoms. The smallest absolute Gasteiger partial charge is 0.421 e. The van der Waals surface area contributed by atoms with Crippen LogP contribution in [0.5, 0.6) is 0 Å². The van der Waals surface area contributed by atoms with Gasteiger partial charge < -0.3 is 14.5 Å². The Bertz CT molecular complexity index is 1440. The quantitative estimate of drug-likeness (QED) is 0.419. The Balaban J connectivity index is 1.81. The number of imide groups is 1. The Morgan fingerprint density at radius 3 is 2.27 bits per heavy atom. The molecule has 1 spiro atoms. The SMILES string of the molecule is Cc1ccc2c(c1)[C@]1(C(=O)N2C(=O)OC(C)(C)C)c2[nH]c3ccccc3c2CCN1C(=O)OC(C)(C)C. The number of ether oxygens (including phenoxy) is 2. The Labute approximate surface area is 216 Å². The zero-order valence-electron chi connectivity index (χ0n) is 22.4. The summed E-state index contributed by atoms with van der Waals surface area (Å²) in [5, 5.41) is 0.985. The number of carbonyl (C=O) groups is 3. The van der Waals surface area contributed by atoms with E-state index in [2.05, 4.69) is 4.98 Å². The number of anilines is 1. The maximum atomic E-state index is 14.7. The van der Waals surface area contributed by atoms with Gasteiger partial charge in [-0.1, -0.05) is 35.9 Å². The number of aromatic amines is 1. The first-order valence-electron chi connectivity index (χ1n) is 12.5. The lowest BCUT2D eigenvalue weighted by Crippen LogP contribution is -2.60. The number of hydrogen-bond acceptors (Lipinski definition) is 5. The second-order valence-electron chi connectivity index (χ2n) is 11.8. The average molecular weight is 504 g/mol. The zero-order valence-corrected chi connectivity index (χ0v) is 22.4. The van der Waals surface area contributed by atoms with Crippen molar-refractivity contribution in [1.29, 1.82) is 0 Å². The lowest BCUT2D eigenvalue weighted by Gasteiger charge is -2.43. The number of nitrogens with zero attached hydrogens (tertiary/aromatic N) is 2. The van der Waals surface area contributed by atoms with Crippen molar-refractivity contribution in [3.05, 3.63) is 64.8 Å². The summed E-state index contributed by atoms with van der Waals surface area (Å²) < 4.78 is 11.5. The van der Waals surface area contributed by atoms with Gasteiger partial charge in [-0.2, -0.15) is 0 Å². The van der Waals surface area contributed by atoms with Crippen molar-refractivity contribution < 1.29 is 23.9 Å². The molecule has 2 aliphatic heterocycles. The van der Waals surface area contributed by atoms with Crippen LogP contribution in [-0.4, -0.2) is 45.7 Å². The van der Waals surface area contributed by atoms with Crippen molar-refractivity contribution >= 4 is 34.7 Å². The minimum Gasteiger partial charge on any atom is -0.444 e. The second-order valence-corrected chi connectivity index (χ2v) is 11.8. The Hall–Kier alpha value is -3.81. The summed E-state index contributed by atoms with van der Waals surface area (Å²) in [7, 11) is 0. The third-order valence-electron chi connectivity index (χ3n) is 6.65. The molecule has 0 saturated heterocycles. The standard InChI is InChI=1S/C29H33N3O5/c1-17-12-13-22-20(16-17)29(24(33)32(22)26(35)37-28(5,6)7)23-19(18-10-8-9-11-21(18)30-23)14-15-31(29)25(34)36-27(2,3)4/h8-13,16,30H,14-15H2,1-7H3/t29-/m1/s1. The largest absolute Gasteiger partial charge is 0.444 e. The molecule has 0 fully saturated rings. The third kappa shape index (κ3) is 3.86. The molecule has 0 saturated carbocycles. The van der Waals surface area contributed by atoms with E-state index in [-0.39, 0.29) is 6.54 Å². The summed E-state index contributed by atoms with van der Waals surface area (Å²) in [6.07, 6.45) is -0.878. The molecule has 2 aromatic carbocycles. The molecule has 1 atom stereocenters. The number of nitrogens with one attached hydrogen (secondary N) is 1. The molecule has 2 aliphatic rings. The van der Waals surface area contributed by atoms with Crippen LogP contribution in [0.3, 0.4) is 0 Å². The van der Waals surface area contributed by atoms with E-state index in [1.54, 1.807) is 47.6 Å². The molecule has 3 amide bonds. The molecule has 194 valence electrons. The maximum absolute atomic E-state index is 14.7. The van der Waals surface area contributed by atoms with Crippen molar-refractivity contribution in [2.45, 2.75) is 71.6 Å². The van der Waals surface area contributed by atoms with E-state index in [1.165, 1.54) is 4.90 Å². The highest BCUT2D eigenvalue weighted by Crippen LogP contribution is 2.53. The van der Waals surface area contributed by atoms with Gasteiger partial charge in [-0.05, 0) is 72.6 Å². The second kappa shape index (κ2) is 8.10. The fourth-order valence-corrected chi connectivity index (χ4v) is 5.35. The van der Waals surface area contributed by atoms with Gasteiger partial charge >= 0.3 is 12.2 Å². The van der Waals surface area contributed by atoms with Crippen LogP contribution in [0, 0.1) is 6.92 Å². The number of para-hydroxylation sites is 1. The van der Waals surface area contributed by atoms with Gasteiger partial charge in [0.1, 0.15) is 11.2 Å². The average Bonchev–Trinajstić information content (AvgIpc) is 3.26. The molecule has 3 heterocycles. The summed E-state index contributed by atoms with van der Waals surface area (Å²) in [6, 6.07) is 13.3. The number of H-pyrrole nitrogens is 1. The number of rotatable bonds is 0. The Kier molecular flexibility index (Phi) is 5.44. The molecule has 5 rings (SSSR count). The highest BCUT2D eigenvalue weighted by Gasteiger charge is 2.63. The first kappa shape index (κ1) is 24.9. The predicted octanol–water partition coefficient (Wildman–Crippen LogP) is 5.79. The van der Waals surface area contributed by atoms with Crippen LogP contribution in [-0.2, 0) is 26.2 Å². The van der Waals surface area contributed by atoms with Crippen LogP contribution in [0.25, 0.3) is 10.9 Å². The molecular weight excluding hydrogens is 470 g/mol. The zero-order chi connectivity index (χ0) is 26.9. The number of fused-ring (bicyclic) bond motifs is 6. The highest BCUT2D eigenvalue weighted by molar-refractivity contribution is 6.23. The number of aromatic nitrogens is 1. The molecule has 0 radical (unpaired) electrons. The Morgan fingerprint density at radius 1 is 0.946 bits per heavy atom. The van der Waals surface area contributed by atoms with Gasteiger partial charge in [0.05, 0.1) is 11.4 Å². The molecule has 0 unspecified atom stereocenters. The predicted molar refractivity (Wildman–Crippen MR) is 141 cm³/mol. The molecule has 0 bridgehead atoms. The van der Waals surface area contributed by atoms with Gasteiger partial charge in [0.2, 0.25) is 0 Å². The van der Waals surface area contributed by atoms with E-state index in [0.717, 1.165) is 26.9 Å². The number of amides is 3. The lowest BCUT2D eigenvalue weighted by atomic mass is 9.79. The van der Waals surface area contributed by atoms with Crippen molar-refractivity contribution in [2.24, 2.45) is 0 Å². The van der Waals surface area contributed by atoms with Gasteiger partial charge in [-0.25, -0.2) is 14.5 Å². The van der Waals surface area contributed by atoms with Crippen LogP contribution in [0.2, 0.25) is 0 Å². The number of carbonyl (C=O) groups excluding carboxylic acids is 3. The summed E-state index contributed by atoms with van der Waals surface area (Å²) >= 11 is 0. The number of hydrogen-bond donors (Lipinski definition) is 1. The topological polar surface area (TPSA) is 91.9 Å². The first-order chi connectivity index (χ1) is 17.2. The molecule has 3 aromatic rings. The molecule has 8 nitrogen and oxygen atoms in total. The highest BCUT2D eigenvalue weighted by atomic mass is 16.6. The van der Waals surface area contributed by atoms with E-state index in [9.17, 15) is 14.4 Å². The fraction of sp³-hybridized carbons (Fsp3) is 0.414. The maximum Gasteiger partial charge on any atom is 0.421 e. The van der Waals surface area contributed by atoms with Gasteiger partial charge in [0.25, 0.3) is 5.91 Å². The summed E-state index contributed by atoms with van der Waals surface area (Å²) in [5.41, 5.74) is 0.998. The Morgan fingerprint density at radius 2 is 1.59 bits per heavy atom. The van der Waals surface area contributed by atoms with Crippen LogP contribution in [0.1, 0.15) is 63.9 Å². The van der Waals surface area contributed by atoms with Crippen LogP contribution in [0.15, 0.2) is 42.5 Å². The van der Waals surface area contributed by atoms with Crippen molar-refractivity contribution in [3.8, 4) is 0 Å². The van der Waals surface area contributed by atoms with Crippen molar-refractivity contribution in [3.63, 3.8) is 0 Å². The molecular formula is C29H33N3O5. The van der Waals surface area contributed by atoms with E-state index in [0.29, 0.717) is 23.4 Å². The van der Waals surface area contributed by atoms with Crippen LogP contribution >= 0.6 is 0 Å². The van der Waals surface area contributed by atoms with Crippen molar-refractivity contribution in [1.82, 2.24) is 9.88 Å². The lowest BCUT2D eigenvalue weighted by molar-refractivity contribution is -0.128. The summed E-state index contributed by atoms with van der Waals surface area (Å²) in [6.45, 7) is 12.8. The van der Waals surface area contributed by atoms with E-state index in [4.69, 9.17) is 9.47 Å².